The van der Waals surface area contributed by atoms with Gasteiger partial charge in [0.05, 0.1) is 16.5 Å². The Morgan fingerprint density at radius 1 is 1.25 bits per heavy atom. The fourth-order valence-corrected chi connectivity index (χ4v) is 4.55. The number of anilines is 1. The van der Waals surface area contributed by atoms with Gasteiger partial charge in [-0.25, -0.2) is 15.4 Å². The Morgan fingerprint density at radius 3 is 2.84 bits per heavy atom. The highest BCUT2D eigenvalue weighted by molar-refractivity contribution is 7.20. The first-order valence-corrected chi connectivity index (χ1v) is 11.0. The highest BCUT2D eigenvalue weighted by Gasteiger charge is 2.18. The van der Waals surface area contributed by atoms with Crippen LogP contribution in [0.1, 0.15) is 26.4 Å². The summed E-state index contributed by atoms with van der Waals surface area (Å²) in [6.07, 6.45) is 2.90. The van der Waals surface area contributed by atoms with E-state index in [2.05, 4.69) is 20.5 Å². The number of benzene rings is 2. The molecular formula is C22H17Cl2N5O2S. The molecule has 0 fully saturated rings. The lowest BCUT2D eigenvalue weighted by Gasteiger charge is -2.10. The summed E-state index contributed by atoms with van der Waals surface area (Å²) in [6, 6.07) is 12.6. The predicted octanol–water partition coefficient (Wildman–Crippen LogP) is 5.23. The number of hydrogen-bond donors (Lipinski definition) is 2. The molecule has 1 amide bonds. The maximum atomic E-state index is 12.6. The van der Waals surface area contributed by atoms with E-state index in [0.29, 0.717) is 42.3 Å². The van der Waals surface area contributed by atoms with E-state index in [4.69, 9.17) is 33.7 Å². The fraction of sp³-hybridized carbons (Fsp3) is 0.0909. The van der Waals surface area contributed by atoms with Crippen LogP contribution in [0, 0.1) is 6.92 Å². The molecule has 32 heavy (non-hydrogen) atoms. The Balaban J connectivity index is 1.47. The minimum atomic E-state index is -0.354. The van der Waals surface area contributed by atoms with Gasteiger partial charge in [-0.15, -0.1) is 11.3 Å². The number of amides is 1. The summed E-state index contributed by atoms with van der Waals surface area (Å²) in [5.41, 5.74) is 10.7. The molecule has 0 saturated carbocycles. The van der Waals surface area contributed by atoms with E-state index in [9.17, 15) is 4.79 Å². The predicted molar refractivity (Wildman–Crippen MR) is 129 cm³/mol. The molecule has 0 bridgehead atoms. The van der Waals surface area contributed by atoms with Gasteiger partial charge in [0.25, 0.3) is 5.91 Å². The van der Waals surface area contributed by atoms with Gasteiger partial charge in [-0.1, -0.05) is 41.4 Å². The molecule has 0 radical (unpaired) electrons. The largest absolute Gasteiger partial charge is 0.488 e. The van der Waals surface area contributed by atoms with Crippen molar-refractivity contribution >= 4 is 62.7 Å². The summed E-state index contributed by atoms with van der Waals surface area (Å²) < 4.78 is 5.90. The van der Waals surface area contributed by atoms with Gasteiger partial charge in [0, 0.05) is 21.2 Å². The van der Waals surface area contributed by atoms with Gasteiger partial charge in [-0.05, 0) is 36.8 Å². The van der Waals surface area contributed by atoms with Crippen LogP contribution < -0.4 is 15.9 Å². The first kappa shape index (κ1) is 22.0. The molecule has 0 atom stereocenters. The molecule has 0 unspecified atom stereocenters. The second-order valence-corrected chi connectivity index (χ2v) is 8.60. The van der Waals surface area contributed by atoms with Gasteiger partial charge < -0.3 is 10.5 Å². The lowest BCUT2D eigenvalue weighted by molar-refractivity contribution is 0.0958. The zero-order valence-electron chi connectivity index (χ0n) is 16.8. The van der Waals surface area contributed by atoms with E-state index < -0.39 is 0 Å². The summed E-state index contributed by atoms with van der Waals surface area (Å²) in [5.74, 6) is 0.586. The summed E-state index contributed by atoms with van der Waals surface area (Å²) in [6.45, 7) is 2.07. The molecule has 0 saturated heterocycles. The number of para-hydroxylation sites is 1. The molecule has 2 aromatic heterocycles. The number of thiophene rings is 1. The van der Waals surface area contributed by atoms with Crippen LogP contribution in [0.3, 0.4) is 0 Å². The normalized spacial score (nSPS) is 11.2. The molecule has 4 aromatic rings. The lowest BCUT2D eigenvalue weighted by atomic mass is 10.2. The molecule has 162 valence electrons. The van der Waals surface area contributed by atoms with Crippen molar-refractivity contribution in [3.8, 4) is 5.75 Å². The zero-order valence-corrected chi connectivity index (χ0v) is 19.1. The summed E-state index contributed by atoms with van der Waals surface area (Å²) in [5, 5.41) is 5.86. The maximum absolute atomic E-state index is 12.6. The number of hydrogen-bond acceptors (Lipinski definition) is 7. The third-order valence-electron chi connectivity index (χ3n) is 4.65. The topological polar surface area (TPSA) is 102 Å². The molecule has 2 heterocycles. The molecule has 0 aliphatic rings. The molecule has 4 rings (SSSR count). The number of aryl methyl sites for hydroxylation is 1. The van der Waals surface area contributed by atoms with E-state index in [-0.39, 0.29) is 12.5 Å². The Hall–Kier alpha value is -3.20. The number of ether oxygens (including phenoxy) is 1. The number of nitrogens with two attached hydrogens (primary N) is 1. The number of carbonyl (C=O) groups excluding carboxylic acids is 1. The van der Waals surface area contributed by atoms with Crippen molar-refractivity contribution < 1.29 is 9.53 Å². The molecule has 10 heteroatoms. The van der Waals surface area contributed by atoms with E-state index >= 15 is 0 Å². The van der Waals surface area contributed by atoms with E-state index in [1.54, 1.807) is 12.1 Å². The standard InChI is InChI=1S/C22H17Cl2N5O2S/c1-12-18-20(25)26-11-27-22(18)32-19(12)21(30)29-28-9-13-4-2-3-5-17(13)31-10-14-6-7-15(23)8-16(14)24/h2-9,11H,10H2,1H3,(H,29,30)(H2,25,26,27)/b28-9-. The molecular weight excluding hydrogens is 469 g/mol. The van der Waals surface area contributed by atoms with E-state index in [0.717, 1.165) is 11.1 Å². The summed E-state index contributed by atoms with van der Waals surface area (Å²) >= 11 is 13.4. The molecule has 0 spiro atoms. The highest BCUT2D eigenvalue weighted by Crippen LogP contribution is 2.31. The number of rotatable bonds is 6. The summed E-state index contributed by atoms with van der Waals surface area (Å²) in [4.78, 5) is 21.9. The zero-order chi connectivity index (χ0) is 22.7. The van der Waals surface area contributed by atoms with Crippen molar-refractivity contribution in [2.45, 2.75) is 13.5 Å². The van der Waals surface area contributed by atoms with Crippen LogP contribution in [-0.4, -0.2) is 22.1 Å². The van der Waals surface area contributed by atoms with Crippen molar-refractivity contribution in [3.63, 3.8) is 0 Å². The monoisotopic (exact) mass is 485 g/mol. The van der Waals surface area contributed by atoms with Crippen LogP contribution in [-0.2, 0) is 6.61 Å². The highest BCUT2D eigenvalue weighted by atomic mass is 35.5. The van der Waals surface area contributed by atoms with Gasteiger partial charge in [-0.3, -0.25) is 4.79 Å². The number of hydrazone groups is 1. The van der Waals surface area contributed by atoms with Crippen LogP contribution >= 0.6 is 34.5 Å². The van der Waals surface area contributed by atoms with Gasteiger partial charge in [0.2, 0.25) is 0 Å². The van der Waals surface area contributed by atoms with Crippen molar-refractivity contribution in [3.05, 3.63) is 80.4 Å². The second kappa shape index (κ2) is 9.52. The van der Waals surface area contributed by atoms with E-state index in [1.807, 2.05) is 37.3 Å². The smallest absolute Gasteiger partial charge is 0.281 e. The molecule has 7 nitrogen and oxygen atoms in total. The van der Waals surface area contributed by atoms with Crippen molar-refractivity contribution in [2.75, 3.05) is 5.73 Å². The minimum Gasteiger partial charge on any atom is -0.488 e. The van der Waals surface area contributed by atoms with Crippen molar-refractivity contribution in [1.29, 1.82) is 0 Å². The Morgan fingerprint density at radius 2 is 2.06 bits per heavy atom. The van der Waals surface area contributed by atoms with Gasteiger partial charge in [0.15, 0.2) is 0 Å². The van der Waals surface area contributed by atoms with Crippen molar-refractivity contribution in [2.24, 2.45) is 5.10 Å². The quantitative estimate of drug-likeness (QED) is 0.287. The summed E-state index contributed by atoms with van der Waals surface area (Å²) in [7, 11) is 0. The number of aromatic nitrogens is 2. The van der Waals surface area contributed by atoms with Crippen LogP contribution in [0.2, 0.25) is 10.0 Å². The van der Waals surface area contributed by atoms with Crippen LogP contribution in [0.15, 0.2) is 53.9 Å². The molecule has 2 aromatic carbocycles. The van der Waals surface area contributed by atoms with Crippen LogP contribution in [0.5, 0.6) is 5.75 Å². The van der Waals surface area contributed by atoms with Crippen LogP contribution in [0.4, 0.5) is 5.82 Å². The number of carbonyl (C=O) groups is 1. The SMILES string of the molecule is Cc1c(C(=O)N/N=C\c2ccccc2OCc2ccc(Cl)cc2Cl)sc2ncnc(N)c12. The Kier molecular flexibility index (Phi) is 6.55. The third kappa shape index (κ3) is 4.67. The fourth-order valence-electron chi connectivity index (χ4n) is 3.04. The lowest BCUT2D eigenvalue weighted by Crippen LogP contribution is -2.17. The number of nitrogens with one attached hydrogen (secondary N) is 1. The number of nitrogen functional groups attached to an aromatic ring is 1. The van der Waals surface area contributed by atoms with Gasteiger partial charge in [-0.2, -0.15) is 5.10 Å². The van der Waals surface area contributed by atoms with Crippen molar-refractivity contribution in [1.82, 2.24) is 15.4 Å². The Bertz CT molecular complexity index is 1340. The third-order valence-corrected chi connectivity index (χ3v) is 6.43. The average Bonchev–Trinajstić information content (AvgIpc) is 3.12. The maximum Gasteiger partial charge on any atom is 0.281 e. The molecule has 0 aliphatic heterocycles. The molecule has 3 N–H and O–H groups in total. The van der Waals surface area contributed by atoms with Gasteiger partial charge in [0.1, 0.15) is 29.3 Å². The molecule has 0 aliphatic carbocycles. The first-order chi connectivity index (χ1) is 15.4. The van der Waals surface area contributed by atoms with Gasteiger partial charge >= 0.3 is 0 Å². The Labute approximate surface area is 197 Å². The number of fused-ring (bicyclic) bond motifs is 1. The van der Waals surface area contributed by atoms with E-state index in [1.165, 1.54) is 23.9 Å². The minimum absolute atomic E-state index is 0.261. The number of halogens is 2. The second-order valence-electron chi connectivity index (χ2n) is 6.76. The van der Waals surface area contributed by atoms with Crippen LogP contribution in [0.25, 0.3) is 10.2 Å². The average molecular weight is 486 g/mol. The first-order valence-electron chi connectivity index (χ1n) is 9.42. The number of nitrogens with zero attached hydrogens (tertiary/aromatic N) is 3.